The van der Waals surface area contributed by atoms with Gasteiger partial charge in [-0.05, 0) is 0 Å². The molecule has 0 saturated heterocycles. The van der Waals surface area contributed by atoms with Crippen LogP contribution in [0.5, 0.6) is 5.88 Å². The second-order valence-electron chi connectivity index (χ2n) is 2.42. The van der Waals surface area contributed by atoms with E-state index < -0.39 is 30.3 Å². The average molecular weight is 222 g/mol. The van der Waals surface area contributed by atoms with E-state index in [1.807, 2.05) is 0 Å². The zero-order chi connectivity index (χ0) is 11.5. The number of hydrogen-bond donors (Lipinski definition) is 1. The van der Waals surface area contributed by atoms with Crippen molar-refractivity contribution in [3.05, 3.63) is 18.1 Å². The van der Waals surface area contributed by atoms with Crippen LogP contribution in [-0.4, -0.2) is 27.7 Å². The Kier molecular flexibility index (Phi) is 3.08. The maximum Gasteiger partial charge on any atom is 0.433 e. The Bertz CT molecular complexity index is 367. The topological polar surface area (TPSA) is 72.3 Å². The highest BCUT2D eigenvalue weighted by atomic mass is 19.4. The van der Waals surface area contributed by atoms with E-state index in [0.717, 1.165) is 0 Å². The number of halogens is 3. The van der Waals surface area contributed by atoms with E-state index in [4.69, 9.17) is 5.11 Å². The lowest BCUT2D eigenvalue weighted by molar-refractivity contribution is -0.141. The van der Waals surface area contributed by atoms with E-state index in [9.17, 15) is 18.0 Å². The highest BCUT2D eigenvalue weighted by Crippen LogP contribution is 2.28. The third-order valence-electron chi connectivity index (χ3n) is 1.28. The first kappa shape index (κ1) is 11.2. The molecule has 0 atom stereocenters. The largest absolute Gasteiger partial charge is 0.479 e. The smallest absolute Gasteiger partial charge is 0.433 e. The van der Waals surface area contributed by atoms with Crippen molar-refractivity contribution in [3.63, 3.8) is 0 Å². The van der Waals surface area contributed by atoms with Gasteiger partial charge < -0.3 is 9.84 Å². The normalized spacial score (nSPS) is 11.1. The van der Waals surface area contributed by atoms with Crippen LogP contribution < -0.4 is 4.74 Å². The van der Waals surface area contributed by atoms with Gasteiger partial charge >= 0.3 is 12.1 Å². The van der Waals surface area contributed by atoms with E-state index in [-0.39, 0.29) is 0 Å². The Labute approximate surface area is 81.5 Å². The lowest BCUT2D eigenvalue weighted by Gasteiger charge is -2.06. The van der Waals surface area contributed by atoms with E-state index in [1.54, 1.807) is 0 Å². The first-order valence-corrected chi connectivity index (χ1v) is 3.63. The fraction of sp³-hybridized carbons (Fsp3) is 0.286. The zero-order valence-electron chi connectivity index (χ0n) is 7.15. The third-order valence-corrected chi connectivity index (χ3v) is 1.28. The predicted octanol–water partition coefficient (Wildman–Crippen LogP) is 0.959. The van der Waals surface area contributed by atoms with Crippen molar-refractivity contribution < 1.29 is 27.8 Å². The van der Waals surface area contributed by atoms with Gasteiger partial charge in [0.2, 0.25) is 5.88 Å². The Morgan fingerprint density at radius 3 is 2.67 bits per heavy atom. The lowest BCUT2D eigenvalue weighted by atomic mass is 10.4. The van der Waals surface area contributed by atoms with Crippen molar-refractivity contribution in [2.75, 3.05) is 6.61 Å². The van der Waals surface area contributed by atoms with Gasteiger partial charge in [0.05, 0.1) is 0 Å². The van der Waals surface area contributed by atoms with Gasteiger partial charge in [0, 0.05) is 6.07 Å². The SMILES string of the molecule is O=C(O)COc1cc(C(F)(F)F)ncn1. The van der Waals surface area contributed by atoms with Gasteiger partial charge in [-0.2, -0.15) is 13.2 Å². The van der Waals surface area contributed by atoms with Crippen LogP contribution in [0.3, 0.4) is 0 Å². The predicted molar refractivity (Wildman–Crippen MR) is 40.2 cm³/mol. The molecule has 1 aromatic rings. The second kappa shape index (κ2) is 4.11. The number of rotatable bonds is 3. The van der Waals surface area contributed by atoms with Gasteiger partial charge in [-0.1, -0.05) is 0 Å². The molecule has 8 heteroatoms. The number of ether oxygens (including phenoxy) is 1. The number of alkyl halides is 3. The van der Waals surface area contributed by atoms with Crippen LogP contribution in [0.25, 0.3) is 0 Å². The van der Waals surface area contributed by atoms with Gasteiger partial charge in [0.25, 0.3) is 0 Å². The van der Waals surface area contributed by atoms with Crippen LogP contribution in [-0.2, 0) is 11.0 Å². The molecule has 1 aromatic heterocycles. The Hall–Kier alpha value is -1.86. The summed E-state index contributed by atoms with van der Waals surface area (Å²) < 4.78 is 40.8. The van der Waals surface area contributed by atoms with E-state index in [2.05, 4.69) is 14.7 Å². The summed E-state index contributed by atoms with van der Waals surface area (Å²) in [5.74, 6) is -1.73. The van der Waals surface area contributed by atoms with Crippen LogP contribution in [0.15, 0.2) is 12.4 Å². The number of aliphatic carboxylic acids is 1. The van der Waals surface area contributed by atoms with Crippen molar-refractivity contribution in [3.8, 4) is 5.88 Å². The van der Waals surface area contributed by atoms with Crippen LogP contribution in [0.1, 0.15) is 5.69 Å². The molecular formula is C7H5F3N2O3. The quantitative estimate of drug-likeness (QED) is 0.824. The summed E-state index contributed by atoms with van der Waals surface area (Å²) in [6.45, 7) is -0.756. The van der Waals surface area contributed by atoms with Crippen LogP contribution in [0, 0.1) is 0 Å². The van der Waals surface area contributed by atoms with Gasteiger partial charge in [0.15, 0.2) is 12.3 Å². The van der Waals surface area contributed by atoms with E-state index >= 15 is 0 Å². The molecule has 1 N–H and O–H groups in total. The summed E-state index contributed by atoms with van der Waals surface area (Å²) in [6.07, 6.45) is -3.95. The van der Waals surface area contributed by atoms with Crippen LogP contribution in [0.4, 0.5) is 13.2 Å². The number of carbonyl (C=O) groups is 1. The number of carboxylic acid groups (broad SMARTS) is 1. The number of carboxylic acids is 1. The molecule has 0 amide bonds. The molecule has 15 heavy (non-hydrogen) atoms. The molecule has 1 rings (SSSR count). The minimum atomic E-state index is -4.61. The highest BCUT2D eigenvalue weighted by molar-refractivity contribution is 5.68. The average Bonchev–Trinajstić information content (AvgIpc) is 2.14. The maximum absolute atomic E-state index is 12.1. The summed E-state index contributed by atoms with van der Waals surface area (Å²) in [7, 11) is 0. The standard InChI is InChI=1S/C7H5F3N2O3/c8-7(9,10)4-1-5(12-3-11-4)15-2-6(13)14/h1,3H,2H2,(H,13,14). The molecule has 1 heterocycles. The molecule has 0 aliphatic heterocycles. The van der Waals surface area contributed by atoms with Crippen LogP contribution in [0.2, 0.25) is 0 Å². The highest BCUT2D eigenvalue weighted by Gasteiger charge is 2.33. The minimum absolute atomic E-state index is 0.431. The Balaban J connectivity index is 2.79. The van der Waals surface area contributed by atoms with Crippen molar-refractivity contribution in [1.29, 1.82) is 0 Å². The first-order chi connectivity index (χ1) is 6.89. The molecule has 5 nitrogen and oxygen atoms in total. The molecule has 0 spiro atoms. The van der Waals surface area contributed by atoms with Crippen molar-refractivity contribution in [1.82, 2.24) is 9.97 Å². The van der Waals surface area contributed by atoms with Gasteiger partial charge in [0.1, 0.15) is 6.33 Å². The fourth-order valence-electron chi connectivity index (χ4n) is 0.709. The molecule has 0 fully saturated rings. The molecule has 0 aliphatic carbocycles. The monoisotopic (exact) mass is 222 g/mol. The Morgan fingerprint density at radius 2 is 2.13 bits per heavy atom. The summed E-state index contributed by atoms with van der Waals surface area (Å²) in [5.41, 5.74) is -1.18. The Morgan fingerprint density at radius 1 is 1.47 bits per heavy atom. The van der Waals surface area contributed by atoms with Crippen molar-refractivity contribution >= 4 is 5.97 Å². The molecule has 0 unspecified atom stereocenters. The molecule has 82 valence electrons. The molecule has 0 aliphatic rings. The van der Waals surface area contributed by atoms with Gasteiger partial charge in [-0.25, -0.2) is 14.8 Å². The summed E-state index contributed by atoms with van der Waals surface area (Å²) in [6, 6.07) is 0.531. The summed E-state index contributed by atoms with van der Waals surface area (Å²) in [5, 5.41) is 8.21. The molecule has 0 aromatic carbocycles. The van der Waals surface area contributed by atoms with Gasteiger partial charge in [-0.15, -0.1) is 0 Å². The molecular weight excluding hydrogens is 217 g/mol. The number of hydrogen-bond acceptors (Lipinski definition) is 4. The lowest BCUT2D eigenvalue weighted by Crippen LogP contribution is -2.12. The zero-order valence-corrected chi connectivity index (χ0v) is 7.15. The second-order valence-corrected chi connectivity index (χ2v) is 2.42. The molecule has 0 bridgehead atoms. The van der Waals surface area contributed by atoms with E-state index in [0.29, 0.717) is 12.4 Å². The third kappa shape index (κ3) is 3.41. The van der Waals surface area contributed by atoms with Gasteiger partial charge in [-0.3, -0.25) is 0 Å². The number of aromatic nitrogens is 2. The fourth-order valence-corrected chi connectivity index (χ4v) is 0.709. The first-order valence-electron chi connectivity index (χ1n) is 3.63. The minimum Gasteiger partial charge on any atom is -0.479 e. The van der Waals surface area contributed by atoms with Crippen molar-refractivity contribution in [2.45, 2.75) is 6.18 Å². The summed E-state index contributed by atoms with van der Waals surface area (Å²) in [4.78, 5) is 16.4. The summed E-state index contributed by atoms with van der Waals surface area (Å²) >= 11 is 0. The van der Waals surface area contributed by atoms with Crippen molar-refractivity contribution in [2.24, 2.45) is 0 Å². The van der Waals surface area contributed by atoms with E-state index in [1.165, 1.54) is 0 Å². The molecule has 0 saturated carbocycles. The molecule has 0 radical (unpaired) electrons. The van der Waals surface area contributed by atoms with Crippen LogP contribution >= 0.6 is 0 Å². The maximum atomic E-state index is 12.1. The number of nitrogens with zero attached hydrogens (tertiary/aromatic N) is 2.